The Morgan fingerprint density at radius 3 is 1.95 bits per heavy atom. The molecule has 3 aromatic rings. The van der Waals surface area contributed by atoms with Gasteiger partial charge in [-0.3, -0.25) is 9.69 Å². The molecule has 0 saturated heterocycles. The largest absolute Gasteiger partial charge is 0.495 e. The highest BCUT2D eigenvalue weighted by Gasteiger charge is 2.27. The van der Waals surface area contributed by atoms with Crippen molar-refractivity contribution in [3.8, 4) is 11.5 Å². The molecule has 0 saturated carbocycles. The number of ether oxygens (including phenoxy) is 4. The van der Waals surface area contributed by atoms with Crippen LogP contribution < -0.4 is 14.4 Å². The van der Waals surface area contributed by atoms with Gasteiger partial charge in [-0.1, -0.05) is 11.3 Å². The average molecular weight is 617 g/mol. The molecule has 1 aromatic heterocycles. The monoisotopic (exact) mass is 616 g/mol. The van der Waals surface area contributed by atoms with Gasteiger partial charge in [-0.2, -0.15) is 4.31 Å². The predicted molar refractivity (Wildman–Crippen MR) is 159 cm³/mol. The molecule has 222 valence electrons. The van der Waals surface area contributed by atoms with E-state index >= 15 is 0 Å². The van der Waals surface area contributed by atoms with Crippen molar-refractivity contribution in [1.29, 1.82) is 0 Å². The second-order valence-corrected chi connectivity index (χ2v) is 11.7. The van der Waals surface area contributed by atoms with Crippen LogP contribution in [-0.2, 0) is 19.5 Å². The van der Waals surface area contributed by atoms with Crippen LogP contribution >= 0.6 is 23.7 Å². The van der Waals surface area contributed by atoms with E-state index < -0.39 is 10.0 Å². The molecule has 0 radical (unpaired) electrons. The quantitative estimate of drug-likeness (QED) is 0.254. The minimum absolute atomic E-state index is 0. The van der Waals surface area contributed by atoms with Crippen LogP contribution in [0.3, 0.4) is 0 Å². The van der Waals surface area contributed by atoms with Crippen molar-refractivity contribution in [3.63, 3.8) is 0 Å². The van der Waals surface area contributed by atoms with Crippen LogP contribution in [0.5, 0.6) is 11.5 Å². The van der Waals surface area contributed by atoms with Crippen LogP contribution in [0.4, 0.5) is 5.13 Å². The molecule has 1 heterocycles. The normalized spacial score (nSPS) is 11.6. The first kappa shape index (κ1) is 33.7. The molecule has 0 spiro atoms. The van der Waals surface area contributed by atoms with Gasteiger partial charge in [0.05, 0.1) is 32.3 Å². The van der Waals surface area contributed by atoms with Crippen molar-refractivity contribution in [2.75, 3.05) is 86.8 Å². The average Bonchev–Trinajstić information content (AvgIpc) is 3.37. The summed E-state index contributed by atoms with van der Waals surface area (Å²) in [5, 5.41) is 0.488. The Hall–Kier alpha value is -2.52. The fourth-order valence-electron chi connectivity index (χ4n) is 3.79. The van der Waals surface area contributed by atoms with E-state index in [4.69, 9.17) is 23.9 Å². The first-order valence-corrected chi connectivity index (χ1v) is 14.5. The number of hydrogen-bond acceptors (Lipinski definition) is 10. The second kappa shape index (κ2) is 15.5. The molecule has 0 aliphatic heterocycles. The number of halogens is 1. The van der Waals surface area contributed by atoms with Crippen molar-refractivity contribution in [1.82, 2.24) is 14.2 Å². The van der Waals surface area contributed by atoms with Crippen LogP contribution in [-0.4, -0.2) is 110 Å². The lowest BCUT2D eigenvalue weighted by Crippen LogP contribution is -2.37. The molecule has 11 nitrogen and oxygen atoms in total. The molecular formula is C26H37ClN4O7S2. The van der Waals surface area contributed by atoms with E-state index in [0.717, 1.165) is 4.70 Å². The summed E-state index contributed by atoms with van der Waals surface area (Å²) in [5.41, 5.74) is 0.944. The summed E-state index contributed by atoms with van der Waals surface area (Å²) in [6, 6.07) is 9.52. The van der Waals surface area contributed by atoms with E-state index in [0.29, 0.717) is 40.8 Å². The number of methoxy groups -OCH3 is 4. The molecule has 40 heavy (non-hydrogen) atoms. The van der Waals surface area contributed by atoms with Crippen molar-refractivity contribution < 1.29 is 32.2 Å². The van der Waals surface area contributed by atoms with Gasteiger partial charge in [0, 0.05) is 46.0 Å². The number of nitrogens with zero attached hydrogens (tertiary/aromatic N) is 4. The summed E-state index contributed by atoms with van der Waals surface area (Å²) in [6.07, 6.45) is 0. The summed E-state index contributed by atoms with van der Waals surface area (Å²) >= 11 is 1.33. The maximum atomic E-state index is 13.7. The maximum Gasteiger partial charge on any atom is 0.260 e. The highest BCUT2D eigenvalue weighted by atomic mass is 35.5. The molecular weight excluding hydrogens is 580 g/mol. The van der Waals surface area contributed by atoms with Crippen molar-refractivity contribution in [3.05, 3.63) is 42.0 Å². The molecule has 14 heteroatoms. The standard InChI is InChI=1S/C26H36N4O7S2.ClH/c1-28(2)13-14-30(26-27-23-21(36-5)11-12-22(37-6)24(23)38-26)25(31)19-7-9-20(10-8-19)39(32,33)29(15-17-34-3)16-18-35-4;/h7-12H,13-18H2,1-6H3;1H. The van der Waals surface area contributed by atoms with E-state index in [2.05, 4.69) is 0 Å². The first-order valence-electron chi connectivity index (χ1n) is 12.2. The van der Waals surface area contributed by atoms with Crippen molar-refractivity contribution in [2.45, 2.75) is 4.90 Å². The lowest BCUT2D eigenvalue weighted by atomic mass is 10.2. The Morgan fingerprint density at radius 1 is 0.850 bits per heavy atom. The highest BCUT2D eigenvalue weighted by Crippen LogP contribution is 2.40. The number of carbonyl (C=O) groups excluding carboxylic acids is 1. The third-order valence-electron chi connectivity index (χ3n) is 5.97. The fraction of sp³-hybridized carbons (Fsp3) is 0.462. The second-order valence-electron chi connectivity index (χ2n) is 8.82. The van der Waals surface area contributed by atoms with Crippen LogP contribution in [0.2, 0.25) is 0 Å². The van der Waals surface area contributed by atoms with Gasteiger partial charge in [0.25, 0.3) is 5.91 Å². The summed E-state index contributed by atoms with van der Waals surface area (Å²) in [5.74, 6) is 0.915. The molecule has 0 atom stereocenters. The first-order chi connectivity index (χ1) is 18.7. The van der Waals surface area contributed by atoms with Gasteiger partial charge in [0.2, 0.25) is 10.0 Å². The van der Waals surface area contributed by atoms with Gasteiger partial charge in [0.15, 0.2) is 5.13 Å². The van der Waals surface area contributed by atoms with E-state index in [1.165, 1.54) is 54.1 Å². The van der Waals surface area contributed by atoms with Crippen LogP contribution in [0.25, 0.3) is 10.2 Å². The molecule has 2 aromatic carbocycles. The zero-order chi connectivity index (χ0) is 28.6. The molecule has 0 aliphatic rings. The number of hydrogen-bond donors (Lipinski definition) is 0. The zero-order valence-electron chi connectivity index (χ0n) is 23.6. The van der Waals surface area contributed by atoms with E-state index in [9.17, 15) is 13.2 Å². The minimum Gasteiger partial charge on any atom is -0.495 e. The highest BCUT2D eigenvalue weighted by molar-refractivity contribution is 7.89. The SMILES string of the molecule is COCCN(CCOC)S(=O)(=O)c1ccc(C(=O)N(CCN(C)C)c2nc3c(OC)ccc(OC)c3s2)cc1.Cl. The molecule has 0 unspecified atom stereocenters. The van der Waals surface area contributed by atoms with Gasteiger partial charge in [-0.25, -0.2) is 13.4 Å². The number of fused-ring (bicyclic) bond motifs is 1. The predicted octanol–water partition coefficient (Wildman–Crippen LogP) is 3.23. The minimum atomic E-state index is -3.81. The zero-order valence-corrected chi connectivity index (χ0v) is 26.0. The Bertz CT molecular complexity index is 1300. The Labute approximate surface area is 246 Å². The van der Waals surface area contributed by atoms with Crippen LogP contribution in [0.1, 0.15) is 10.4 Å². The Morgan fingerprint density at radius 2 is 1.43 bits per heavy atom. The number of sulfonamides is 1. The molecule has 0 bridgehead atoms. The lowest BCUT2D eigenvalue weighted by Gasteiger charge is -2.23. The number of rotatable bonds is 15. The number of thiazole rings is 1. The molecule has 0 aliphatic carbocycles. The number of anilines is 1. The van der Waals surface area contributed by atoms with E-state index in [1.54, 1.807) is 31.3 Å². The summed E-state index contributed by atoms with van der Waals surface area (Å²) < 4.78 is 49.7. The third-order valence-corrected chi connectivity index (χ3v) is 8.98. The molecule has 1 amide bonds. The van der Waals surface area contributed by atoms with Gasteiger partial charge < -0.3 is 23.8 Å². The van der Waals surface area contributed by atoms with E-state index in [-0.39, 0.29) is 49.5 Å². The van der Waals surface area contributed by atoms with Crippen molar-refractivity contribution in [2.24, 2.45) is 0 Å². The maximum absolute atomic E-state index is 13.7. The van der Waals surface area contributed by atoms with E-state index in [1.807, 2.05) is 19.0 Å². The number of amides is 1. The Balaban J connectivity index is 0.00000560. The Kier molecular flexibility index (Phi) is 13.0. The topological polar surface area (TPSA) is 111 Å². The number of benzene rings is 2. The summed E-state index contributed by atoms with van der Waals surface area (Å²) in [4.78, 5) is 22.1. The van der Waals surface area contributed by atoms with Gasteiger partial charge in [-0.05, 0) is 50.5 Å². The van der Waals surface area contributed by atoms with Crippen molar-refractivity contribution >= 4 is 55.0 Å². The third kappa shape index (κ3) is 7.81. The number of likely N-dealkylation sites (N-methyl/N-ethyl adjacent to an activating group) is 1. The molecule has 0 fully saturated rings. The summed E-state index contributed by atoms with van der Waals surface area (Å²) in [6.45, 7) is 1.84. The van der Waals surface area contributed by atoms with Crippen LogP contribution in [0.15, 0.2) is 41.3 Å². The summed E-state index contributed by atoms with van der Waals surface area (Å²) in [7, 11) is 6.21. The van der Waals surface area contributed by atoms with Gasteiger partial charge in [-0.15, -0.1) is 12.4 Å². The van der Waals surface area contributed by atoms with Gasteiger partial charge in [0.1, 0.15) is 21.7 Å². The lowest BCUT2D eigenvalue weighted by molar-refractivity contribution is 0.0985. The fourth-order valence-corrected chi connectivity index (χ4v) is 6.29. The number of aromatic nitrogens is 1. The number of carbonyl (C=O) groups is 1. The molecule has 0 N–H and O–H groups in total. The van der Waals surface area contributed by atoms with Gasteiger partial charge >= 0.3 is 0 Å². The molecule has 3 rings (SSSR count). The smallest absolute Gasteiger partial charge is 0.260 e. The van der Waals surface area contributed by atoms with Crippen LogP contribution in [0, 0.1) is 0 Å².